The first-order valence-corrected chi connectivity index (χ1v) is 6.89. The predicted octanol–water partition coefficient (Wildman–Crippen LogP) is 2.00. The van der Waals surface area contributed by atoms with Gasteiger partial charge in [-0.1, -0.05) is 6.92 Å². The van der Waals surface area contributed by atoms with Gasteiger partial charge < -0.3 is 14.5 Å². The van der Waals surface area contributed by atoms with Crippen molar-refractivity contribution in [3.05, 3.63) is 23.7 Å². The molecule has 1 N–H and O–H groups in total. The van der Waals surface area contributed by atoms with Gasteiger partial charge in [0.25, 0.3) is 0 Å². The van der Waals surface area contributed by atoms with E-state index in [1.54, 1.807) is 0 Å². The molecular formula is C14H24N2O2. The molecule has 0 aliphatic carbocycles. The summed E-state index contributed by atoms with van der Waals surface area (Å²) in [6, 6.07) is 4.64. The lowest BCUT2D eigenvalue weighted by molar-refractivity contribution is -0.00722. The van der Waals surface area contributed by atoms with Gasteiger partial charge in [0.05, 0.1) is 26.3 Å². The summed E-state index contributed by atoms with van der Waals surface area (Å²) in [4.78, 5) is 2.41. The van der Waals surface area contributed by atoms with Crippen LogP contribution in [-0.2, 0) is 17.8 Å². The number of nitrogens with one attached hydrogen (secondary N) is 1. The molecule has 1 fully saturated rings. The molecule has 1 aliphatic heterocycles. The summed E-state index contributed by atoms with van der Waals surface area (Å²) in [5, 5.41) is 3.35. The van der Waals surface area contributed by atoms with E-state index >= 15 is 0 Å². The van der Waals surface area contributed by atoms with Crippen LogP contribution < -0.4 is 5.32 Å². The van der Waals surface area contributed by atoms with Gasteiger partial charge in [-0.05, 0) is 32.0 Å². The second-order valence-corrected chi connectivity index (χ2v) is 4.94. The van der Waals surface area contributed by atoms with E-state index in [0.717, 1.165) is 57.3 Å². The zero-order chi connectivity index (χ0) is 12.8. The average Bonchev–Trinajstić information content (AvgIpc) is 2.80. The maximum Gasteiger partial charge on any atom is 0.118 e. The van der Waals surface area contributed by atoms with Crippen molar-refractivity contribution in [3.8, 4) is 0 Å². The van der Waals surface area contributed by atoms with Crippen LogP contribution in [0.15, 0.2) is 16.5 Å². The van der Waals surface area contributed by atoms with Crippen LogP contribution >= 0.6 is 0 Å². The first kappa shape index (κ1) is 13.6. The number of rotatable bonds is 6. The van der Waals surface area contributed by atoms with Crippen LogP contribution in [0.4, 0.5) is 0 Å². The molecule has 0 aromatic carbocycles. The molecule has 102 valence electrons. The normalized spacial score (nSPS) is 21.3. The molecule has 18 heavy (non-hydrogen) atoms. The van der Waals surface area contributed by atoms with E-state index in [0.29, 0.717) is 6.04 Å². The van der Waals surface area contributed by atoms with Crippen LogP contribution in [0, 0.1) is 0 Å². The van der Waals surface area contributed by atoms with Crippen LogP contribution in [0.25, 0.3) is 0 Å². The number of nitrogens with zero attached hydrogens (tertiary/aromatic N) is 1. The van der Waals surface area contributed by atoms with Gasteiger partial charge in [-0.2, -0.15) is 0 Å². The quantitative estimate of drug-likeness (QED) is 0.786. The fourth-order valence-corrected chi connectivity index (χ4v) is 2.19. The van der Waals surface area contributed by atoms with E-state index in [2.05, 4.69) is 36.2 Å². The Labute approximate surface area is 109 Å². The SMILES string of the molecule is CCCNCc1ccc(CN2CCOCC2C)o1. The van der Waals surface area contributed by atoms with Gasteiger partial charge in [0, 0.05) is 12.6 Å². The predicted molar refractivity (Wildman–Crippen MR) is 71.4 cm³/mol. The molecule has 1 atom stereocenters. The van der Waals surface area contributed by atoms with E-state index in [4.69, 9.17) is 9.15 Å². The van der Waals surface area contributed by atoms with Crippen molar-refractivity contribution in [2.45, 2.75) is 39.4 Å². The molecule has 0 amide bonds. The number of ether oxygens (including phenoxy) is 1. The molecule has 0 saturated carbocycles. The minimum atomic E-state index is 0.477. The second kappa shape index (κ2) is 6.92. The Morgan fingerprint density at radius 1 is 1.39 bits per heavy atom. The maximum atomic E-state index is 5.84. The Morgan fingerprint density at radius 3 is 3.00 bits per heavy atom. The third-order valence-corrected chi connectivity index (χ3v) is 3.31. The smallest absolute Gasteiger partial charge is 0.118 e. The van der Waals surface area contributed by atoms with Crippen molar-refractivity contribution in [1.29, 1.82) is 0 Å². The molecule has 2 rings (SSSR count). The van der Waals surface area contributed by atoms with Crippen LogP contribution in [0.3, 0.4) is 0 Å². The van der Waals surface area contributed by atoms with Crippen LogP contribution in [-0.4, -0.2) is 37.2 Å². The van der Waals surface area contributed by atoms with E-state index in [-0.39, 0.29) is 0 Å². The molecule has 0 radical (unpaired) electrons. The lowest BCUT2D eigenvalue weighted by Crippen LogP contribution is -2.42. The minimum absolute atomic E-state index is 0.477. The fourth-order valence-electron chi connectivity index (χ4n) is 2.19. The monoisotopic (exact) mass is 252 g/mol. The Bertz CT molecular complexity index is 351. The zero-order valence-corrected chi connectivity index (χ0v) is 11.4. The fraction of sp³-hybridized carbons (Fsp3) is 0.714. The van der Waals surface area contributed by atoms with Gasteiger partial charge in [-0.15, -0.1) is 0 Å². The van der Waals surface area contributed by atoms with Crippen LogP contribution in [0.5, 0.6) is 0 Å². The lowest BCUT2D eigenvalue weighted by Gasteiger charge is -2.32. The number of morpholine rings is 1. The molecule has 4 nitrogen and oxygen atoms in total. The van der Waals surface area contributed by atoms with Crippen LogP contribution in [0.2, 0.25) is 0 Å². The standard InChI is InChI=1S/C14H24N2O2/c1-3-6-15-9-13-4-5-14(18-13)10-16-7-8-17-11-12(16)2/h4-5,12,15H,3,6-11H2,1-2H3. The van der Waals surface area contributed by atoms with E-state index in [1.807, 2.05) is 0 Å². The topological polar surface area (TPSA) is 37.6 Å². The van der Waals surface area contributed by atoms with Crippen LogP contribution in [0.1, 0.15) is 31.8 Å². The summed E-state index contributed by atoms with van der Waals surface area (Å²) in [5.74, 6) is 2.08. The molecule has 0 bridgehead atoms. The molecule has 1 aromatic heterocycles. The lowest BCUT2D eigenvalue weighted by atomic mass is 10.2. The molecular weight excluding hydrogens is 228 g/mol. The van der Waals surface area contributed by atoms with E-state index in [9.17, 15) is 0 Å². The summed E-state index contributed by atoms with van der Waals surface area (Å²) >= 11 is 0. The summed E-state index contributed by atoms with van der Waals surface area (Å²) in [6.45, 7) is 9.76. The first-order valence-electron chi connectivity index (χ1n) is 6.89. The highest BCUT2D eigenvalue weighted by atomic mass is 16.5. The largest absolute Gasteiger partial charge is 0.463 e. The van der Waals surface area contributed by atoms with Gasteiger partial charge in [-0.25, -0.2) is 0 Å². The maximum absolute atomic E-state index is 5.84. The van der Waals surface area contributed by atoms with Crippen molar-refractivity contribution in [1.82, 2.24) is 10.2 Å². The van der Waals surface area contributed by atoms with Crippen molar-refractivity contribution in [3.63, 3.8) is 0 Å². The summed E-state index contributed by atoms with van der Waals surface area (Å²) < 4.78 is 11.3. The van der Waals surface area contributed by atoms with Crippen molar-refractivity contribution in [2.75, 3.05) is 26.3 Å². The molecule has 1 unspecified atom stereocenters. The Balaban J connectivity index is 1.82. The van der Waals surface area contributed by atoms with Gasteiger partial charge in [0.2, 0.25) is 0 Å². The molecule has 4 heteroatoms. The van der Waals surface area contributed by atoms with E-state index in [1.165, 1.54) is 0 Å². The van der Waals surface area contributed by atoms with Gasteiger partial charge >= 0.3 is 0 Å². The summed E-state index contributed by atoms with van der Waals surface area (Å²) in [5.41, 5.74) is 0. The van der Waals surface area contributed by atoms with Crippen molar-refractivity contribution >= 4 is 0 Å². The second-order valence-electron chi connectivity index (χ2n) is 4.94. The van der Waals surface area contributed by atoms with Crippen molar-refractivity contribution in [2.24, 2.45) is 0 Å². The molecule has 1 aliphatic rings. The van der Waals surface area contributed by atoms with Gasteiger partial charge in [0.15, 0.2) is 0 Å². The van der Waals surface area contributed by atoms with Gasteiger partial charge in [0.1, 0.15) is 11.5 Å². The minimum Gasteiger partial charge on any atom is -0.463 e. The van der Waals surface area contributed by atoms with E-state index < -0.39 is 0 Å². The Kier molecular flexibility index (Phi) is 5.23. The number of hydrogen-bond acceptors (Lipinski definition) is 4. The molecule has 1 aromatic rings. The third-order valence-electron chi connectivity index (χ3n) is 3.31. The molecule has 0 spiro atoms. The van der Waals surface area contributed by atoms with Crippen molar-refractivity contribution < 1.29 is 9.15 Å². The Hall–Kier alpha value is -0.840. The summed E-state index contributed by atoms with van der Waals surface area (Å²) in [7, 11) is 0. The number of furan rings is 1. The molecule has 1 saturated heterocycles. The zero-order valence-electron chi connectivity index (χ0n) is 11.4. The highest BCUT2D eigenvalue weighted by Gasteiger charge is 2.19. The highest BCUT2D eigenvalue weighted by molar-refractivity contribution is 5.07. The van der Waals surface area contributed by atoms with Gasteiger partial charge in [-0.3, -0.25) is 4.90 Å². The number of hydrogen-bond donors (Lipinski definition) is 1. The summed E-state index contributed by atoms with van der Waals surface area (Å²) in [6.07, 6.45) is 1.15. The first-order chi connectivity index (χ1) is 8.79. The third kappa shape index (κ3) is 3.83. The molecule has 2 heterocycles. The average molecular weight is 252 g/mol. The Morgan fingerprint density at radius 2 is 2.22 bits per heavy atom. The highest BCUT2D eigenvalue weighted by Crippen LogP contribution is 2.14.